The van der Waals surface area contributed by atoms with Crippen LogP contribution in [-0.4, -0.2) is 29.7 Å². The van der Waals surface area contributed by atoms with Gasteiger partial charge in [0, 0.05) is 13.1 Å². The van der Waals surface area contributed by atoms with Gasteiger partial charge in [-0.25, -0.2) is 4.79 Å². The molecule has 30 heavy (non-hydrogen) atoms. The number of hydrogen-bond acceptors (Lipinski definition) is 2. The highest BCUT2D eigenvalue weighted by Gasteiger charge is 2.21. The molecule has 0 unspecified atom stereocenters. The average molecular weight is 426 g/mol. The monoisotopic (exact) mass is 425 g/mol. The fourth-order valence-corrected chi connectivity index (χ4v) is 3.82. The fraction of sp³-hybridized carbons (Fsp3) is 0.963. The summed E-state index contributed by atoms with van der Waals surface area (Å²) >= 11 is 0. The van der Waals surface area contributed by atoms with Gasteiger partial charge >= 0.3 is 6.09 Å². The molecule has 0 fully saturated rings. The number of ether oxygens (including phenoxy) is 1. The Morgan fingerprint density at radius 1 is 0.567 bits per heavy atom. The van der Waals surface area contributed by atoms with E-state index < -0.39 is 5.60 Å². The van der Waals surface area contributed by atoms with E-state index in [1.165, 1.54) is 96.3 Å². The number of rotatable bonds is 20. The van der Waals surface area contributed by atoms with E-state index in [1.807, 2.05) is 25.7 Å². The largest absolute Gasteiger partial charge is 0.444 e. The van der Waals surface area contributed by atoms with Gasteiger partial charge < -0.3 is 9.64 Å². The Hall–Kier alpha value is -0.730. The second-order valence-corrected chi connectivity index (χ2v) is 10.1. The summed E-state index contributed by atoms with van der Waals surface area (Å²) in [5.41, 5.74) is -0.407. The molecule has 0 aromatic carbocycles. The van der Waals surface area contributed by atoms with Crippen molar-refractivity contribution in [3.8, 4) is 0 Å². The Morgan fingerprint density at radius 3 is 1.27 bits per heavy atom. The zero-order valence-corrected chi connectivity index (χ0v) is 21.4. The number of amides is 1. The summed E-state index contributed by atoms with van der Waals surface area (Å²) in [6.07, 6.45) is 24.0. The molecular weight excluding hydrogens is 370 g/mol. The van der Waals surface area contributed by atoms with Gasteiger partial charge in [0.05, 0.1) is 0 Å². The maximum absolute atomic E-state index is 12.4. The molecule has 0 aliphatic heterocycles. The summed E-state index contributed by atoms with van der Waals surface area (Å²) in [7, 11) is 0. The first kappa shape index (κ1) is 29.3. The molecule has 0 aromatic rings. The lowest BCUT2D eigenvalue weighted by molar-refractivity contribution is 0.0244. The molecule has 0 spiro atoms. The SMILES string of the molecule is CCCCCCCCCCCCCCCCCCN(CCCC)C(=O)OC(C)(C)C. The maximum Gasteiger partial charge on any atom is 0.410 e. The van der Waals surface area contributed by atoms with Crippen LogP contribution in [0.25, 0.3) is 0 Å². The maximum atomic E-state index is 12.4. The quantitative estimate of drug-likeness (QED) is 0.182. The minimum Gasteiger partial charge on any atom is -0.444 e. The average Bonchev–Trinajstić information content (AvgIpc) is 2.68. The zero-order chi connectivity index (χ0) is 22.5. The Labute approximate surface area is 189 Å². The second kappa shape index (κ2) is 20.2. The minimum absolute atomic E-state index is 0.142. The molecule has 0 aliphatic rings. The lowest BCUT2D eigenvalue weighted by Crippen LogP contribution is -2.38. The lowest BCUT2D eigenvalue weighted by Gasteiger charge is -2.27. The van der Waals surface area contributed by atoms with E-state index >= 15 is 0 Å². The number of unbranched alkanes of at least 4 members (excludes halogenated alkanes) is 16. The molecule has 0 aromatic heterocycles. The molecule has 0 aliphatic carbocycles. The van der Waals surface area contributed by atoms with E-state index in [0.29, 0.717) is 0 Å². The third-order valence-corrected chi connectivity index (χ3v) is 5.71. The van der Waals surface area contributed by atoms with Gasteiger partial charge in [-0.05, 0) is 33.6 Å². The van der Waals surface area contributed by atoms with Crippen LogP contribution in [0.15, 0.2) is 0 Å². The van der Waals surface area contributed by atoms with Crippen molar-refractivity contribution in [1.82, 2.24) is 4.90 Å². The summed E-state index contributed by atoms with van der Waals surface area (Å²) in [5.74, 6) is 0. The molecular formula is C27H55NO2. The van der Waals surface area contributed by atoms with E-state index in [9.17, 15) is 4.79 Å². The third kappa shape index (κ3) is 20.5. The third-order valence-electron chi connectivity index (χ3n) is 5.71. The van der Waals surface area contributed by atoms with Crippen LogP contribution in [0.1, 0.15) is 150 Å². The Kier molecular flexibility index (Phi) is 19.7. The molecule has 0 heterocycles. The highest BCUT2D eigenvalue weighted by atomic mass is 16.6. The van der Waals surface area contributed by atoms with Crippen LogP contribution < -0.4 is 0 Å². The van der Waals surface area contributed by atoms with E-state index in [2.05, 4.69) is 13.8 Å². The molecule has 0 saturated carbocycles. The fourth-order valence-electron chi connectivity index (χ4n) is 3.82. The molecule has 3 nitrogen and oxygen atoms in total. The van der Waals surface area contributed by atoms with Crippen LogP contribution >= 0.6 is 0 Å². The zero-order valence-electron chi connectivity index (χ0n) is 21.4. The number of carbonyl (C=O) groups excluding carboxylic acids is 1. The van der Waals surface area contributed by atoms with Crippen molar-refractivity contribution in [3.63, 3.8) is 0 Å². The van der Waals surface area contributed by atoms with E-state index in [-0.39, 0.29) is 6.09 Å². The van der Waals surface area contributed by atoms with Crippen LogP contribution in [0.5, 0.6) is 0 Å². The van der Waals surface area contributed by atoms with Crippen LogP contribution in [0, 0.1) is 0 Å². The molecule has 0 rings (SSSR count). The summed E-state index contributed by atoms with van der Waals surface area (Å²) in [6.45, 7) is 11.9. The Bertz CT molecular complexity index is 376. The lowest BCUT2D eigenvalue weighted by atomic mass is 10.0. The van der Waals surface area contributed by atoms with Crippen molar-refractivity contribution >= 4 is 6.09 Å². The predicted octanol–water partition coefficient (Wildman–Crippen LogP) is 9.29. The molecule has 0 radical (unpaired) electrons. The van der Waals surface area contributed by atoms with Gasteiger partial charge in [-0.1, -0.05) is 117 Å². The van der Waals surface area contributed by atoms with Crippen LogP contribution in [0.4, 0.5) is 4.79 Å². The molecule has 0 N–H and O–H groups in total. The standard InChI is InChI=1S/C27H55NO2/c1-6-8-10-11-12-13-14-15-16-17-18-19-20-21-22-23-25-28(24-9-7-2)26(29)30-27(3,4)5/h6-25H2,1-5H3. The molecule has 180 valence electrons. The topological polar surface area (TPSA) is 29.5 Å². The van der Waals surface area contributed by atoms with Crippen molar-refractivity contribution in [3.05, 3.63) is 0 Å². The predicted molar refractivity (Wildman–Crippen MR) is 132 cm³/mol. The van der Waals surface area contributed by atoms with Crippen molar-refractivity contribution in [2.24, 2.45) is 0 Å². The van der Waals surface area contributed by atoms with Crippen molar-refractivity contribution in [2.75, 3.05) is 13.1 Å². The first-order chi connectivity index (χ1) is 14.4. The molecule has 0 bridgehead atoms. The Morgan fingerprint density at radius 2 is 0.900 bits per heavy atom. The van der Waals surface area contributed by atoms with Gasteiger partial charge in [-0.15, -0.1) is 0 Å². The summed E-state index contributed by atoms with van der Waals surface area (Å²) in [6, 6.07) is 0. The van der Waals surface area contributed by atoms with Gasteiger partial charge in [-0.2, -0.15) is 0 Å². The molecule has 3 heteroatoms. The number of nitrogens with zero attached hydrogens (tertiary/aromatic N) is 1. The van der Waals surface area contributed by atoms with Gasteiger partial charge in [0.15, 0.2) is 0 Å². The number of hydrogen-bond donors (Lipinski definition) is 0. The Balaban J connectivity index is 3.55. The summed E-state index contributed by atoms with van der Waals surface area (Å²) in [4.78, 5) is 14.3. The summed E-state index contributed by atoms with van der Waals surface area (Å²) in [5, 5.41) is 0. The van der Waals surface area contributed by atoms with E-state index in [0.717, 1.165) is 32.4 Å². The van der Waals surface area contributed by atoms with Crippen molar-refractivity contribution in [1.29, 1.82) is 0 Å². The van der Waals surface area contributed by atoms with Crippen LogP contribution in [0.3, 0.4) is 0 Å². The molecule has 1 amide bonds. The highest BCUT2D eigenvalue weighted by Crippen LogP contribution is 2.15. The van der Waals surface area contributed by atoms with Gasteiger partial charge in [-0.3, -0.25) is 0 Å². The van der Waals surface area contributed by atoms with Gasteiger partial charge in [0.1, 0.15) is 5.60 Å². The first-order valence-corrected chi connectivity index (χ1v) is 13.4. The van der Waals surface area contributed by atoms with Gasteiger partial charge in [0.25, 0.3) is 0 Å². The number of carbonyl (C=O) groups is 1. The first-order valence-electron chi connectivity index (χ1n) is 13.4. The van der Waals surface area contributed by atoms with Crippen molar-refractivity contribution in [2.45, 2.75) is 156 Å². The summed E-state index contributed by atoms with van der Waals surface area (Å²) < 4.78 is 5.56. The van der Waals surface area contributed by atoms with Gasteiger partial charge in [0.2, 0.25) is 0 Å². The molecule has 0 saturated heterocycles. The molecule has 0 atom stereocenters. The van der Waals surface area contributed by atoms with Crippen molar-refractivity contribution < 1.29 is 9.53 Å². The smallest absolute Gasteiger partial charge is 0.410 e. The second-order valence-electron chi connectivity index (χ2n) is 10.1. The van der Waals surface area contributed by atoms with Crippen LogP contribution in [-0.2, 0) is 4.74 Å². The normalized spacial score (nSPS) is 11.6. The van der Waals surface area contributed by atoms with Crippen LogP contribution in [0.2, 0.25) is 0 Å². The van der Waals surface area contributed by atoms with E-state index in [1.54, 1.807) is 0 Å². The minimum atomic E-state index is -0.407. The van der Waals surface area contributed by atoms with E-state index in [4.69, 9.17) is 4.74 Å². The highest BCUT2D eigenvalue weighted by molar-refractivity contribution is 5.68.